The topological polar surface area (TPSA) is 49.3 Å². The summed E-state index contributed by atoms with van der Waals surface area (Å²) in [4.78, 5) is 4.92. The molecule has 0 aromatic heterocycles. The van der Waals surface area contributed by atoms with Crippen molar-refractivity contribution < 1.29 is 18.9 Å². The van der Waals surface area contributed by atoms with Crippen molar-refractivity contribution in [2.75, 3.05) is 20.8 Å². The van der Waals surface area contributed by atoms with Crippen molar-refractivity contribution in [1.82, 2.24) is 0 Å². The number of rotatable bonds is 10. The first-order valence-electron chi connectivity index (χ1n) is 12.6. The zero-order valence-electron chi connectivity index (χ0n) is 21.6. The second-order valence-electron chi connectivity index (χ2n) is 9.06. The summed E-state index contributed by atoms with van der Waals surface area (Å²) in [6, 6.07) is 28.4. The first-order chi connectivity index (χ1) is 18.6. The summed E-state index contributed by atoms with van der Waals surface area (Å²) in [6.07, 6.45) is 1.51. The highest BCUT2D eigenvalue weighted by atomic mass is 79.9. The SMILES string of the molecule is COc1cc(Br)c(CC2=NCCc3cc(OC)c(OCc4ccccc4)cc32)cc1OCc1ccccc1. The van der Waals surface area contributed by atoms with Crippen molar-refractivity contribution in [3.05, 3.63) is 117 Å². The summed E-state index contributed by atoms with van der Waals surface area (Å²) in [6.45, 7) is 1.67. The maximum atomic E-state index is 6.20. The summed E-state index contributed by atoms with van der Waals surface area (Å²) < 4.78 is 24.6. The van der Waals surface area contributed by atoms with E-state index in [1.165, 1.54) is 5.56 Å². The van der Waals surface area contributed by atoms with Crippen LogP contribution in [0.2, 0.25) is 0 Å². The van der Waals surface area contributed by atoms with E-state index in [4.69, 9.17) is 23.9 Å². The molecule has 4 aromatic rings. The average Bonchev–Trinajstić information content (AvgIpc) is 2.97. The third-order valence-electron chi connectivity index (χ3n) is 6.55. The van der Waals surface area contributed by atoms with Gasteiger partial charge in [-0.25, -0.2) is 0 Å². The Labute approximate surface area is 232 Å². The molecule has 0 amide bonds. The molecular weight excluding hydrogens is 542 g/mol. The van der Waals surface area contributed by atoms with Gasteiger partial charge < -0.3 is 18.9 Å². The van der Waals surface area contributed by atoms with Gasteiger partial charge >= 0.3 is 0 Å². The van der Waals surface area contributed by atoms with E-state index in [-0.39, 0.29) is 0 Å². The monoisotopic (exact) mass is 571 g/mol. The second-order valence-corrected chi connectivity index (χ2v) is 9.91. The van der Waals surface area contributed by atoms with Crippen molar-refractivity contribution >= 4 is 21.6 Å². The van der Waals surface area contributed by atoms with Gasteiger partial charge in [-0.1, -0.05) is 76.6 Å². The van der Waals surface area contributed by atoms with Gasteiger partial charge in [0.15, 0.2) is 23.0 Å². The van der Waals surface area contributed by atoms with Gasteiger partial charge in [0.05, 0.1) is 14.2 Å². The van der Waals surface area contributed by atoms with Crippen LogP contribution in [0, 0.1) is 0 Å². The number of fused-ring (bicyclic) bond motifs is 1. The van der Waals surface area contributed by atoms with Crippen molar-refractivity contribution in [3.63, 3.8) is 0 Å². The Morgan fingerprint density at radius 1 is 0.711 bits per heavy atom. The van der Waals surface area contributed by atoms with Crippen LogP contribution >= 0.6 is 15.9 Å². The zero-order valence-corrected chi connectivity index (χ0v) is 23.2. The molecule has 0 unspecified atom stereocenters. The van der Waals surface area contributed by atoms with Crippen LogP contribution in [0.25, 0.3) is 0 Å². The molecule has 1 aliphatic rings. The molecule has 6 heteroatoms. The van der Waals surface area contributed by atoms with Gasteiger partial charge in [0.25, 0.3) is 0 Å². The highest BCUT2D eigenvalue weighted by molar-refractivity contribution is 9.10. The minimum Gasteiger partial charge on any atom is -0.493 e. The molecule has 0 saturated heterocycles. The molecule has 0 spiro atoms. The largest absolute Gasteiger partial charge is 0.493 e. The van der Waals surface area contributed by atoms with Crippen LogP contribution in [0.4, 0.5) is 0 Å². The molecule has 1 aliphatic heterocycles. The van der Waals surface area contributed by atoms with Gasteiger partial charge in [0.2, 0.25) is 0 Å². The highest BCUT2D eigenvalue weighted by Gasteiger charge is 2.21. The van der Waals surface area contributed by atoms with E-state index in [0.29, 0.717) is 36.9 Å². The Morgan fingerprint density at radius 3 is 1.89 bits per heavy atom. The first kappa shape index (κ1) is 25.9. The lowest BCUT2D eigenvalue weighted by molar-refractivity contribution is 0.284. The quantitative estimate of drug-likeness (QED) is 0.202. The van der Waals surface area contributed by atoms with E-state index in [1.807, 2.05) is 60.7 Å². The van der Waals surface area contributed by atoms with Crippen LogP contribution in [0.5, 0.6) is 23.0 Å². The zero-order chi connectivity index (χ0) is 26.3. The lowest BCUT2D eigenvalue weighted by Gasteiger charge is -2.21. The van der Waals surface area contributed by atoms with E-state index in [2.05, 4.69) is 40.2 Å². The van der Waals surface area contributed by atoms with E-state index >= 15 is 0 Å². The Kier molecular flexibility index (Phi) is 8.29. The van der Waals surface area contributed by atoms with Gasteiger partial charge in [-0.05, 0) is 52.9 Å². The van der Waals surface area contributed by atoms with E-state index in [0.717, 1.165) is 51.2 Å². The van der Waals surface area contributed by atoms with E-state index in [9.17, 15) is 0 Å². The second kappa shape index (κ2) is 12.2. The fourth-order valence-electron chi connectivity index (χ4n) is 4.53. The predicted octanol–water partition coefficient (Wildman–Crippen LogP) is 7.21. The van der Waals surface area contributed by atoms with Crippen molar-refractivity contribution in [1.29, 1.82) is 0 Å². The smallest absolute Gasteiger partial charge is 0.162 e. The van der Waals surface area contributed by atoms with Crippen LogP contribution in [0.3, 0.4) is 0 Å². The number of aliphatic imine (C=N–C) groups is 1. The third kappa shape index (κ3) is 6.03. The fourth-order valence-corrected chi connectivity index (χ4v) is 5.00. The van der Waals surface area contributed by atoms with Crippen LogP contribution < -0.4 is 18.9 Å². The maximum Gasteiger partial charge on any atom is 0.162 e. The number of nitrogens with zero attached hydrogens (tertiary/aromatic N) is 1. The summed E-state index contributed by atoms with van der Waals surface area (Å²) in [5, 5.41) is 0. The van der Waals surface area contributed by atoms with Gasteiger partial charge in [0.1, 0.15) is 13.2 Å². The number of methoxy groups -OCH3 is 2. The molecule has 194 valence electrons. The molecule has 4 aromatic carbocycles. The molecule has 38 heavy (non-hydrogen) atoms. The molecule has 5 nitrogen and oxygen atoms in total. The number of hydrogen-bond donors (Lipinski definition) is 0. The molecule has 0 aliphatic carbocycles. The first-order valence-corrected chi connectivity index (χ1v) is 13.4. The maximum absolute atomic E-state index is 6.20. The Balaban J connectivity index is 1.40. The molecule has 0 radical (unpaired) electrons. The molecule has 5 rings (SSSR count). The van der Waals surface area contributed by atoms with Crippen LogP contribution in [-0.2, 0) is 26.1 Å². The van der Waals surface area contributed by atoms with E-state index < -0.39 is 0 Å². The summed E-state index contributed by atoms with van der Waals surface area (Å²) >= 11 is 3.74. The normalized spacial score (nSPS) is 12.3. The standard InChI is InChI=1S/C32H30BrNO4/c1-35-29-16-24-13-14-34-28(26(24)18-32(29)38-21-23-11-7-4-8-12-23)15-25-17-31(30(36-2)19-27(25)33)37-20-22-9-5-3-6-10-22/h3-12,16-19H,13-15,20-21H2,1-2H3. The highest BCUT2D eigenvalue weighted by Crippen LogP contribution is 2.37. The molecule has 0 N–H and O–H groups in total. The number of benzene rings is 4. The third-order valence-corrected chi connectivity index (χ3v) is 7.29. The minimum atomic E-state index is 0.462. The number of halogens is 1. The van der Waals surface area contributed by atoms with Gasteiger partial charge in [-0.15, -0.1) is 0 Å². The predicted molar refractivity (Wildman–Crippen MR) is 154 cm³/mol. The minimum absolute atomic E-state index is 0.462. The molecule has 0 saturated carbocycles. The van der Waals surface area contributed by atoms with Gasteiger partial charge in [-0.2, -0.15) is 0 Å². The van der Waals surface area contributed by atoms with Gasteiger partial charge in [0, 0.05) is 28.7 Å². The van der Waals surface area contributed by atoms with Gasteiger partial charge in [-0.3, -0.25) is 4.99 Å². The van der Waals surface area contributed by atoms with Crippen molar-refractivity contribution in [2.45, 2.75) is 26.1 Å². The van der Waals surface area contributed by atoms with Crippen molar-refractivity contribution in [2.24, 2.45) is 4.99 Å². The molecule has 0 fully saturated rings. The fraction of sp³-hybridized carbons (Fsp3) is 0.219. The molecule has 1 heterocycles. The average molecular weight is 572 g/mol. The molecule has 0 bridgehead atoms. The number of ether oxygens (including phenoxy) is 4. The molecule has 0 atom stereocenters. The lowest BCUT2D eigenvalue weighted by atomic mass is 9.93. The summed E-state index contributed by atoms with van der Waals surface area (Å²) in [7, 11) is 3.34. The summed E-state index contributed by atoms with van der Waals surface area (Å²) in [5.41, 5.74) is 6.59. The Morgan fingerprint density at radius 2 is 1.29 bits per heavy atom. The Hall–Kier alpha value is -3.77. The van der Waals surface area contributed by atoms with Crippen molar-refractivity contribution in [3.8, 4) is 23.0 Å². The van der Waals surface area contributed by atoms with E-state index in [1.54, 1.807) is 14.2 Å². The van der Waals surface area contributed by atoms with Crippen LogP contribution in [0.15, 0.2) is 94.4 Å². The summed E-state index contributed by atoms with van der Waals surface area (Å²) in [5.74, 6) is 2.84. The van der Waals surface area contributed by atoms with Crippen LogP contribution in [0.1, 0.15) is 27.8 Å². The lowest BCUT2D eigenvalue weighted by Crippen LogP contribution is -2.16. The van der Waals surface area contributed by atoms with Crippen LogP contribution in [-0.4, -0.2) is 26.5 Å². The Bertz CT molecular complexity index is 1420. The number of hydrogen-bond acceptors (Lipinski definition) is 5. The molecular formula is C32H30BrNO4.